The van der Waals surface area contributed by atoms with E-state index >= 15 is 0 Å². The third kappa shape index (κ3) is 5.93. The number of anilines is 1. The average Bonchev–Trinajstić information content (AvgIpc) is 3.51. The monoisotopic (exact) mass is 479 g/mol. The molecule has 4 rings (SSSR count). The second kappa shape index (κ2) is 10.8. The number of aryl methyl sites for hydroxylation is 2. The van der Waals surface area contributed by atoms with Crippen molar-refractivity contribution in [3.05, 3.63) is 82.8 Å². The fourth-order valence-corrected chi connectivity index (χ4v) is 3.78. The number of benzene rings is 2. The maximum Gasteiger partial charge on any atom is 0.338 e. The molecule has 3 aromatic rings. The van der Waals surface area contributed by atoms with Crippen LogP contribution >= 0.6 is 12.2 Å². The van der Waals surface area contributed by atoms with Crippen molar-refractivity contribution < 1.29 is 23.5 Å². The third-order valence-electron chi connectivity index (χ3n) is 5.28. The molecule has 34 heavy (non-hydrogen) atoms. The van der Waals surface area contributed by atoms with Gasteiger partial charge in [-0.05, 0) is 98.1 Å². The second-order valence-electron chi connectivity index (χ2n) is 7.67. The second-order valence-corrected chi connectivity index (χ2v) is 8.08. The number of hydrazine groups is 1. The zero-order valence-corrected chi connectivity index (χ0v) is 19.5. The van der Waals surface area contributed by atoms with Crippen LogP contribution in [0, 0.1) is 0 Å². The number of ether oxygens (including phenoxy) is 2. The standard InChI is InChI=1S/C25H25N3O5S/c1-2-31-24(30)17-6-9-19(10-7-17)26-25(34)28-27-23(29)22-13-12-21(33-22)15-32-20-11-8-16-4-3-5-18(16)14-20/h6-14H,2-5,15H2,1H3,(H,27,29)(H2,26,28,34). The Labute approximate surface area is 202 Å². The van der Waals surface area contributed by atoms with Crippen LogP contribution < -0.4 is 20.9 Å². The van der Waals surface area contributed by atoms with E-state index in [-0.39, 0.29) is 17.5 Å². The molecule has 0 bridgehead atoms. The molecule has 0 radical (unpaired) electrons. The van der Waals surface area contributed by atoms with Crippen LogP contribution in [0.5, 0.6) is 5.75 Å². The third-order valence-corrected chi connectivity index (χ3v) is 5.48. The minimum absolute atomic E-state index is 0.127. The molecule has 0 fully saturated rings. The molecule has 0 saturated heterocycles. The molecule has 0 atom stereocenters. The highest BCUT2D eigenvalue weighted by Crippen LogP contribution is 2.26. The molecule has 1 aliphatic rings. The van der Waals surface area contributed by atoms with Crippen molar-refractivity contribution in [3.63, 3.8) is 0 Å². The predicted molar refractivity (Wildman–Crippen MR) is 131 cm³/mol. The summed E-state index contributed by atoms with van der Waals surface area (Å²) in [7, 11) is 0. The fourth-order valence-electron chi connectivity index (χ4n) is 3.61. The first-order valence-corrected chi connectivity index (χ1v) is 11.4. The van der Waals surface area contributed by atoms with Gasteiger partial charge in [0.2, 0.25) is 0 Å². The molecule has 1 aliphatic carbocycles. The van der Waals surface area contributed by atoms with Gasteiger partial charge in [-0.3, -0.25) is 15.6 Å². The van der Waals surface area contributed by atoms with E-state index in [1.54, 1.807) is 43.3 Å². The van der Waals surface area contributed by atoms with E-state index < -0.39 is 11.9 Å². The molecule has 176 valence electrons. The van der Waals surface area contributed by atoms with Crippen LogP contribution in [0.2, 0.25) is 0 Å². The number of amides is 1. The maximum atomic E-state index is 12.4. The molecule has 3 N–H and O–H groups in total. The molecule has 0 spiro atoms. The Morgan fingerprint density at radius 2 is 1.79 bits per heavy atom. The van der Waals surface area contributed by atoms with E-state index in [0.717, 1.165) is 18.6 Å². The number of rotatable bonds is 7. The van der Waals surface area contributed by atoms with Crippen LogP contribution in [0.4, 0.5) is 5.69 Å². The van der Waals surface area contributed by atoms with Crippen LogP contribution in [0.25, 0.3) is 0 Å². The number of carbonyl (C=O) groups excluding carboxylic acids is 2. The SMILES string of the molecule is CCOC(=O)c1ccc(NC(=S)NNC(=O)c2ccc(COc3ccc4c(c3)CCC4)o2)cc1. The molecule has 9 heteroatoms. The van der Waals surface area contributed by atoms with Gasteiger partial charge in [-0.15, -0.1) is 0 Å². The van der Waals surface area contributed by atoms with E-state index in [1.807, 2.05) is 6.07 Å². The number of carbonyl (C=O) groups is 2. The molecule has 1 aromatic heterocycles. The van der Waals surface area contributed by atoms with Gasteiger partial charge in [-0.1, -0.05) is 6.07 Å². The van der Waals surface area contributed by atoms with Crippen molar-refractivity contribution >= 4 is 34.9 Å². The smallest absolute Gasteiger partial charge is 0.338 e. The van der Waals surface area contributed by atoms with Crippen LogP contribution in [-0.4, -0.2) is 23.6 Å². The van der Waals surface area contributed by atoms with E-state index in [0.29, 0.717) is 23.6 Å². The Hall–Kier alpha value is -3.85. The summed E-state index contributed by atoms with van der Waals surface area (Å²) in [5.74, 6) is 0.578. The van der Waals surface area contributed by atoms with Gasteiger partial charge in [0, 0.05) is 5.69 Å². The fraction of sp³-hybridized carbons (Fsp3) is 0.240. The highest BCUT2D eigenvalue weighted by Gasteiger charge is 2.14. The van der Waals surface area contributed by atoms with Crippen LogP contribution in [-0.2, 0) is 24.2 Å². The predicted octanol–water partition coefficient (Wildman–Crippen LogP) is 4.16. The van der Waals surface area contributed by atoms with Crippen LogP contribution in [0.1, 0.15) is 51.1 Å². The minimum atomic E-state index is -0.481. The lowest BCUT2D eigenvalue weighted by Gasteiger charge is -2.11. The van der Waals surface area contributed by atoms with Gasteiger partial charge in [-0.2, -0.15) is 0 Å². The van der Waals surface area contributed by atoms with Crippen molar-refractivity contribution in [2.75, 3.05) is 11.9 Å². The van der Waals surface area contributed by atoms with E-state index in [4.69, 9.17) is 26.1 Å². The number of esters is 1. The highest BCUT2D eigenvalue weighted by atomic mass is 32.1. The molecule has 0 unspecified atom stereocenters. The topological polar surface area (TPSA) is 102 Å². The molecule has 2 aromatic carbocycles. The maximum absolute atomic E-state index is 12.4. The number of thiocarbonyl (C=S) groups is 1. The largest absolute Gasteiger partial charge is 0.486 e. The summed E-state index contributed by atoms with van der Waals surface area (Å²) in [5.41, 5.74) is 8.90. The van der Waals surface area contributed by atoms with Gasteiger partial charge < -0.3 is 19.2 Å². The number of hydrogen-bond acceptors (Lipinski definition) is 6. The summed E-state index contributed by atoms with van der Waals surface area (Å²) in [6.45, 7) is 2.28. The van der Waals surface area contributed by atoms with Crippen molar-refractivity contribution in [1.29, 1.82) is 0 Å². The summed E-state index contributed by atoms with van der Waals surface area (Å²) in [6.07, 6.45) is 3.39. The van der Waals surface area contributed by atoms with Gasteiger partial charge in [0.25, 0.3) is 0 Å². The molecule has 0 saturated carbocycles. The lowest BCUT2D eigenvalue weighted by atomic mass is 10.1. The Morgan fingerprint density at radius 1 is 1.00 bits per heavy atom. The Bertz CT molecular complexity index is 1190. The summed E-state index contributed by atoms with van der Waals surface area (Å²) >= 11 is 5.19. The van der Waals surface area contributed by atoms with Crippen LogP contribution in [0.15, 0.2) is 59.0 Å². The first-order chi connectivity index (χ1) is 16.5. The summed E-state index contributed by atoms with van der Waals surface area (Å²) in [4.78, 5) is 24.1. The Morgan fingerprint density at radius 3 is 2.59 bits per heavy atom. The minimum Gasteiger partial charge on any atom is -0.486 e. The zero-order valence-electron chi connectivity index (χ0n) is 18.7. The van der Waals surface area contributed by atoms with Gasteiger partial charge in [0.1, 0.15) is 18.1 Å². The molecule has 0 aliphatic heterocycles. The van der Waals surface area contributed by atoms with Crippen LogP contribution in [0.3, 0.4) is 0 Å². The first kappa shape index (κ1) is 23.3. The highest BCUT2D eigenvalue weighted by molar-refractivity contribution is 7.80. The Kier molecular flexibility index (Phi) is 7.44. The normalized spacial score (nSPS) is 11.9. The quantitative estimate of drug-likeness (QED) is 0.264. The molecular formula is C25H25N3O5S. The molecule has 1 heterocycles. The lowest BCUT2D eigenvalue weighted by Crippen LogP contribution is -2.43. The van der Waals surface area contributed by atoms with E-state index in [1.165, 1.54) is 17.5 Å². The van der Waals surface area contributed by atoms with Gasteiger partial charge >= 0.3 is 11.9 Å². The van der Waals surface area contributed by atoms with Crippen molar-refractivity contribution in [2.45, 2.75) is 32.8 Å². The molecule has 8 nitrogen and oxygen atoms in total. The van der Waals surface area contributed by atoms with Crippen molar-refractivity contribution in [2.24, 2.45) is 0 Å². The van der Waals surface area contributed by atoms with Gasteiger partial charge in [0.05, 0.1) is 12.2 Å². The first-order valence-electron chi connectivity index (χ1n) is 11.0. The zero-order chi connectivity index (χ0) is 23.9. The molecule has 1 amide bonds. The lowest BCUT2D eigenvalue weighted by molar-refractivity contribution is 0.0526. The average molecular weight is 480 g/mol. The Balaban J connectivity index is 1.22. The summed E-state index contributed by atoms with van der Waals surface area (Å²) in [5, 5.41) is 3.08. The van der Waals surface area contributed by atoms with Gasteiger partial charge in [0.15, 0.2) is 10.9 Å². The van der Waals surface area contributed by atoms with E-state index in [9.17, 15) is 9.59 Å². The van der Waals surface area contributed by atoms with E-state index in [2.05, 4.69) is 28.3 Å². The van der Waals surface area contributed by atoms with Gasteiger partial charge in [-0.25, -0.2) is 4.79 Å². The summed E-state index contributed by atoms with van der Waals surface area (Å²) in [6, 6.07) is 16.0. The molecular weight excluding hydrogens is 454 g/mol. The number of hydrogen-bond donors (Lipinski definition) is 3. The van der Waals surface area contributed by atoms with Crippen molar-refractivity contribution in [1.82, 2.24) is 10.9 Å². The summed E-state index contributed by atoms with van der Waals surface area (Å²) < 4.78 is 16.3. The number of fused-ring (bicyclic) bond motifs is 1. The number of nitrogens with one attached hydrogen (secondary N) is 3. The number of furan rings is 1. The van der Waals surface area contributed by atoms with Crippen molar-refractivity contribution in [3.8, 4) is 5.75 Å².